The van der Waals surface area contributed by atoms with Crippen molar-refractivity contribution in [1.29, 1.82) is 0 Å². The van der Waals surface area contributed by atoms with Crippen molar-refractivity contribution in [3.05, 3.63) is 40.9 Å². The van der Waals surface area contributed by atoms with E-state index in [1.165, 1.54) is 7.11 Å². The fourth-order valence-electron chi connectivity index (χ4n) is 1.27. The van der Waals surface area contributed by atoms with Crippen molar-refractivity contribution in [2.45, 2.75) is 13.3 Å². The summed E-state index contributed by atoms with van der Waals surface area (Å²) in [6, 6.07) is 4.80. The van der Waals surface area contributed by atoms with Crippen LogP contribution < -0.4 is 4.74 Å². The van der Waals surface area contributed by atoms with Gasteiger partial charge in [0, 0.05) is 5.02 Å². The number of hydrogen-bond acceptors (Lipinski definition) is 3. The maximum Gasteiger partial charge on any atom is 0.342 e. The number of esters is 1. The first-order valence-electron chi connectivity index (χ1n) is 5.34. The normalized spacial score (nSPS) is 10.5. The Morgan fingerprint density at radius 1 is 1.41 bits per heavy atom. The molecule has 17 heavy (non-hydrogen) atoms. The van der Waals surface area contributed by atoms with E-state index in [1.54, 1.807) is 24.3 Å². The summed E-state index contributed by atoms with van der Waals surface area (Å²) in [4.78, 5) is 11.7. The molecule has 0 atom stereocenters. The molecule has 4 heteroatoms. The zero-order valence-corrected chi connectivity index (χ0v) is 10.7. The lowest BCUT2D eigenvalue weighted by atomic mass is 10.2. The fourth-order valence-corrected chi connectivity index (χ4v) is 1.43. The Balaban J connectivity index is 2.71. The Labute approximate surface area is 106 Å². The van der Waals surface area contributed by atoms with E-state index in [1.807, 2.05) is 13.0 Å². The number of rotatable bonds is 5. The van der Waals surface area contributed by atoms with Crippen molar-refractivity contribution in [3.63, 3.8) is 0 Å². The third-order valence-electron chi connectivity index (χ3n) is 2.10. The highest BCUT2D eigenvalue weighted by atomic mass is 35.5. The number of ether oxygens (including phenoxy) is 2. The molecule has 0 N–H and O–H groups in total. The largest absolute Gasteiger partial charge is 0.496 e. The van der Waals surface area contributed by atoms with Gasteiger partial charge in [0.1, 0.15) is 17.9 Å². The van der Waals surface area contributed by atoms with Crippen molar-refractivity contribution in [3.8, 4) is 5.75 Å². The van der Waals surface area contributed by atoms with Gasteiger partial charge >= 0.3 is 5.97 Å². The van der Waals surface area contributed by atoms with Gasteiger partial charge in [0.05, 0.1) is 7.11 Å². The van der Waals surface area contributed by atoms with Crippen LogP contribution in [0.2, 0.25) is 5.02 Å². The molecule has 0 aliphatic rings. The molecule has 92 valence electrons. The number of methoxy groups -OCH3 is 1. The van der Waals surface area contributed by atoms with Gasteiger partial charge in [-0.3, -0.25) is 0 Å². The minimum Gasteiger partial charge on any atom is -0.496 e. The van der Waals surface area contributed by atoms with Gasteiger partial charge in [-0.1, -0.05) is 30.7 Å². The van der Waals surface area contributed by atoms with Crippen LogP contribution in [0.3, 0.4) is 0 Å². The minimum absolute atomic E-state index is 0.262. The molecule has 0 aliphatic heterocycles. The van der Waals surface area contributed by atoms with Crippen LogP contribution in [0.25, 0.3) is 0 Å². The minimum atomic E-state index is -0.417. The molecule has 1 aromatic rings. The van der Waals surface area contributed by atoms with Gasteiger partial charge in [0.15, 0.2) is 0 Å². The van der Waals surface area contributed by atoms with Gasteiger partial charge < -0.3 is 9.47 Å². The quantitative estimate of drug-likeness (QED) is 0.596. The molecule has 0 saturated heterocycles. The lowest BCUT2D eigenvalue weighted by Crippen LogP contribution is -2.07. The number of hydrogen-bond donors (Lipinski definition) is 0. The molecule has 3 nitrogen and oxygen atoms in total. The number of benzene rings is 1. The second-order valence-corrected chi connectivity index (χ2v) is 3.76. The predicted octanol–water partition coefficient (Wildman–Crippen LogP) is 3.47. The molecular weight excluding hydrogens is 240 g/mol. The summed E-state index contributed by atoms with van der Waals surface area (Å²) in [5, 5.41) is 0.518. The van der Waals surface area contributed by atoms with E-state index < -0.39 is 5.97 Å². The molecule has 0 fully saturated rings. The van der Waals surface area contributed by atoms with Gasteiger partial charge in [-0.15, -0.1) is 0 Å². The average molecular weight is 255 g/mol. The zero-order valence-electron chi connectivity index (χ0n) is 9.90. The van der Waals surface area contributed by atoms with Crippen molar-refractivity contribution < 1.29 is 14.3 Å². The zero-order chi connectivity index (χ0) is 12.7. The van der Waals surface area contributed by atoms with Crippen molar-refractivity contribution in [2.75, 3.05) is 13.7 Å². The molecule has 0 bridgehead atoms. The van der Waals surface area contributed by atoms with Gasteiger partial charge in [-0.25, -0.2) is 4.79 Å². The van der Waals surface area contributed by atoms with Crippen LogP contribution in [-0.2, 0) is 4.74 Å². The van der Waals surface area contributed by atoms with Crippen LogP contribution in [0.5, 0.6) is 5.75 Å². The Bertz CT molecular complexity index is 413. The summed E-state index contributed by atoms with van der Waals surface area (Å²) in [5.74, 6) is 0.00115. The van der Waals surface area contributed by atoms with Crippen LogP contribution in [0.4, 0.5) is 0 Å². The Hall–Kier alpha value is -1.48. The Morgan fingerprint density at radius 3 is 2.82 bits per heavy atom. The summed E-state index contributed by atoms with van der Waals surface area (Å²) < 4.78 is 10.1. The lowest BCUT2D eigenvalue weighted by Gasteiger charge is -2.07. The summed E-state index contributed by atoms with van der Waals surface area (Å²) in [7, 11) is 1.49. The molecule has 1 aromatic carbocycles. The first kappa shape index (κ1) is 13.6. The van der Waals surface area contributed by atoms with Crippen LogP contribution in [-0.4, -0.2) is 19.7 Å². The summed E-state index contributed by atoms with van der Waals surface area (Å²) in [5.41, 5.74) is 0.377. The molecule has 0 radical (unpaired) electrons. The van der Waals surface area contributed by atoms with Crippen molar-refractivity contribution >= 4 is 17.6 Å². The van der Waals surface area contributed by atoms with Crippen molar-refractivity contribution in [1.82, 2.24) is 0 Å². The molecule has 0 amide bonds. The van der Waals surface area contributed by atoms with Gasteiger partial charge in [-0.2, -0.15) is 0 Å². The lowest BCUT2D eigenvalue weighted by molar-refractivity contribution is 0.0545. The van der Waals surface area contributed by atoms with Crippen LogP contribution in [0.15, 0.2) is 30.4 Å². The maximum absolute atomic E-state index is 11.7. The maximum atomic E-state index is 11.7. The smallest absolute Gasteiger partial charge is 0.342 e. The molecule has 0 heterocycles. The summed E-state index contributed by atoms with van der Waals surface area (Å²) in [6.45, 7) is 2.28. The molecule has 0 spiro atoms. The van der Waals surface area contributed by atoms with E-state index >= 15 is 0 Å². The van der Waals surface area contributed by atoms with E-state index in [0.717, 1.165) is 6.42 Å². The van der Waals surface area contributed by atoms with E-state index in [2.05, 4.69) is 0 Å². The molecule has 0 unspecified atom stereocenters. The molecule has 0 saturated carbocycles. The SMILES string of the molecule is CC/C=C/COC(=O)c1ccc(Cl)cc1OC. The molecule has 0 aliphatic carbocycles. The summed E-state index contributed by atoms with van der Waals surface area (Å²) >= 11 is 5.80. The van der Waals surface area contributed by atoms with Gasteiger partial charge in [0.2, 0.25) is 0 Å². The second kappa shape index (κ2) is 6.97. The topological polar surface area (TPSA) is 35.5 Å². The Morgan fingerprint density at radius 2 is 2.18 bits per heavy atom. The number of allylic oxidation sites excluding steroid dienone is 1. The van der Waals surface area contributed by atoms with Gasteiger partial charge in [0.25, 0.3) is 0 Å². The van der Waals surface area contributed by atoms with Crippen LogP contribution >= 0.6 is 11.6 Å². The number of carbonyl (C=O) groups is 1. The standard InChI is InChI=1S/C13H15ClO3/c1-3-4-5-8-17-13(15)11-7-6-10(14)9-12(11)16-2/h4-7,9H,3,8H2,1-2H3/b5-4+. The first-order valence-corrected chi connectivity index (χ1v) is 5.72. The second-order valence-electron chi connectivity index (χ2n) is 3.32. The highest BCUT2D eigenvalue weighted by molar-refractivity contribution is 6.30. The first-order chi connectivity index (χ1) is 8.19. The fraction of sp³-hybridized carbons (Fsp3) is 0.308. The predicted molar refractivity (Wildman–Crippen MR) is 67.7 cm³/mol. The highest BCUT2D eigenvalue weighted by Gasteiger charge is 2.13. The number of carbonyl (C=O) groups excluding carboxylic acids is 1. The van der Waals surface area contributed by atoms with Crippen LogP contribution in [0.1, 0.15) is 23.7 Å². The van der Waals surface area contributed by atoms with Crippen molar-refractivity contribution in [2.24, 2.45) is 0 Å². The number of halogens is 1. The highest BCUT2D eigenvalue weighted by Crippen LogP contribution is 2.23. The van der Waals surface area contributed by atoms with E-state index in [4.69, 9.17) is 21.1 Å². The van der Waals surface area contributed by atoms with Gasteiger partial charge in [-0.05, 0) is 24.6 Å². The van der Waals surface area contributed by atoms with E-state index in [9.17, 15) is 4.79 Å². The van der Waals surface area contributed by atoms with E-state index in [-0.39, 0.29) is 6.61 Å². The molecule has 0 aromatic heterocycles. The Kier molecular flexibility index (Phi) is 5.57. The monoisotopic (exact) mass is 254 g/mol. The summed E-state index contributed by atoms with van der Waals surface area (Å²) in [6.07, 6.45) is 4.66. The van der Waals surface area contributed by atoms with E-state index in [0.29, 0.717) is 16.3 Å². The molecular formula is C13H15ClO3. The van der Waals surface area contributed by atoms with Crippen LogP contribution in [0, 0.1) is 0 Å². The average Bonchev–Trinajstić information content (AvgIpc) is 2.34. The third kappa shape index (κ3) is 4.11. The molecule has 1 rings (SSSR count). The third-order valence-corrected chi connectivity index (χ3v) is 2.33.